The van der Waals surface area contributed by atoms with Crippen LogP contribution in [0.4, 0.5) is 16.4 Å². The van der Waals surface area contributed by atoms with Crippen LogP contribution in [0.25, 0.3) is 0 Å². The van der Waals surface area contributed by atoms with Gasteiger partial charge in [0.25, 0.3) is 0 Å². The highest BCUT2D eigenvalue weighted by Gasteiger charge is 2.15. The van der Waals surface area contributed by atoms with Crippen molar-refractivity contribution in [2.24, 2.45) is 22.3 Å². The number of rotatable bonds is 11. The first-order valence-corrected chi connectivity index (χ1v) is 12.7. The van der Waals surface area contributed by atoms with Crippen LogP contribution in [0, 0.1) is 36.5 Å². The maximum Gasteiger partial charge on any atom is 0.243 e. The molecular weight excluding hydrogens is 482 g/mol. The van der Waals surface area contributed by atoms with Gasteiger partial charge in [-0.15, -0.1) is 21.6 Å². The fourth-order valence-corrected chi connectivity index (χ4v) is 4.72. The quantitative estimate of drug-likeness (QED) is 0.153. The van der Waals surface area contributed by atoms with Crippen molar-refractivity contribution in [1.29, 1.82) is 10.5 Å². The van der Waals surface area contributed by atoms with Crippen LogP contribution >= 0.6 is 11.3 Å². The Morgan fingerprint density at radius 3 is 2.57 bits per heavy atom. The molecular formula is C27H32N9S+. The van der Waals surface area contributed by atoms with Crippen molar-refractivity contribution in [3.63, 3.8) is 0 Å². The molecule has 190 valence electrons. The SMILES string of the molecule is C/C=C\N(/C=N/C)CCN(CCn1cc[n+](C)c1)c1ccc(/N=N/c2sc(C#N)c(C)c2C#N)c(C)c1. The molecule has 3 aromatic rings. The molecule has 0 bridgehead atoms. The predicted molar refractivity (Wildman–Crippen MR) is 148 cm³/mol. The molecule has 0 unspecified atom stereocenters. The van der Waals surface area contributed by atoms with Gasteiger partial charge in [-0.25, -0.2) is 9.13 Å². The number of imidazole rings is 1. The molecule has 1 aromatic carbocycles. The summed E-state index contributed by atoms with van der Waals surface area (Å²) < 4.78 is 4.21. The van der Waals surface area contributed by atoms with Crippen LogP contribution in [0.2, 0.25) is 0 Å². The van der Waals surface area contributed by atoms with Gasteiger partial charge in [0.2, 0.25) is 6.33 Å². The number of aliphatic imine (C=N–C) groups is 1. The molecule has 3 rings (SSSR count). The van der Waals surface area contributed by atoms with Crippen molar-refractivity contribution in [3.8, 4) is 12.1 Å². The summed E-state index contributed by atoms with van der Waals surface area (Å²) in [4.78, 5) is 9.08. The Balaban J connectivity index is 1.83. The number of allylic oxidation sites excluding steroid dienone is 1. The standard InChI is InChI=1S/C27H32N9S/c1-6-9-34(19-30-4)12-14-36(15-13-35-11-10-33(5)20-35)23-7-8-25(21(2)16-23)31-32-27-24(17-28)22(3)26(18-29)37-27/h6-11,16,19-20H,12-15H2,1-5H3/q+1/b9-6-,30-19+,32-31+. The summed E-state index contributed by atoms with van der Waals surface area (Å²) in [5.74, 6) is 0. The van der Waals surface area contributed by atoms with Crippen molar-refractivity contribution in [3.05, 3.63) is 70.8 Å². The van der Waals surface area contributed by atoms with Crippen LogP contribution in [0.15, 0.2) is 64.4 Å². The maximum absolute atomic E-state index is 9.47. The molecule has 0 radical (unpaired) electrons. The minimum Gasteiger partial charge on any atom is -0.366 e. The highest BCUT2D eigenvalue weighted by atomic mass is 32.1. The molecule has 37 heavy (non-hydrogen) atoms. The van der Waals surface area contributed by atoms with Crippen LogP contribution in [-0.2, 0) is 13.6 Å². The zero-order valence-corrected chi connectivity index (χ0v) is 22.8. The third kappa shape index (κ3) is 7.12. The van der Waals surface area contributed by atoms with E-state index in [1.54, 1.807) is 14.0 Å². The number of nitriles is 2. The minimum absolute atomic E-state index is 0.408. The van der Waals surface area contributed by atoms with Gasteiger partial charge in [-0.2, -0.15) is 10.5 Å². The third-order valence-electron chi connectivity index (χ3n) is 5.82. The zero-order valence-electron chi connectivity index (χ0n) is 22.0. The van der Waals surface area contributed by atoms with Crippen LogP contribution < -0.4 is 9.47 Å². The molecule has 10 heteroatoms. The normalized spacial score (nSPS) is 11.4. The van der Waals surface area contributed by atoms with Gasteiger partial charge in [-0.05, 0) is 50.1 Å². The van der Waals surface area contributed by atoms with E-state index >= 15 is 0 Å². The Bertz CT molecular complexity index is 1370. The summed E-state index contributed by atoms with van der Waals surface area (Å²) in [6.45, 7) is 9.04. The number of azo groups is 1. The lowest BCUT2D eigenvalue weighted by Crippen LogP contribution is -2.35. The second-order valence-corrected chi connectivity index (χ2v) is 9.53. The van der Waals surface area contributed by atoms with E-state index in [0.717, 1.165) is 43.1 Å². The highest BCUT2D eigenvalue weighted by Crippen LogP contribution is 2.36. The number of thiophene rings is 1. The molecule has 0 atom stereocenters. The van der Waals surface area contributed by atoms with Gasteiger partial charge in [0.05, 0.1) is 31.2 Å². The van der Waals surface area contributed by atoms with Crippen molar-refractivity contribution in [2.45, 2.75) is 27.3 Å². The van der Waals surface area contributed by atoms with Crippen molar-refractivity contribution in [2.75, 3.05) is 31.6 Å². The Morgan fingerprint density at radius 1 is 1.14 bits per heavy atom. The molecule has 2 heterocycles. The first-order chi connectivity index (χ1) is 17.9. The lowest BCUT2D eigenvalue weighted by Gasteiger charge is -2.27. The summed E-state index contributed by atoms with van der Waals surface area (Å²) in [5, 5.41) is 27.9. The highest BCUT2D eigenvalue weighted by molar-refractivity contribution is 7.16. The number of anilines is 1. The van der Waals surface area contributed by atoms with Gasteiger partial charge in [-0.1, -0.05) is 6.08 Å². The number of benzene rings is 1. The molecule has 2 aromatic heterocycles. The first kappa shape index (κ1) is 27.3. The predicted octanol–water partition coefficient (Wildman–Crippen LogP) is 5.15. The lowest BCUT2D eigenvalue weighted by molar-refractivity contribution is -0.671. The lowest BCUT2D eigenvalue weighted by atomic mass is 10.1. The minimum atomic E-state index is 0.408. The van der Waals surface area contributed by atoms with E-state index in [9.17, 15) is 10.5 Å². The van der Waals surface area contributed by atoms with Gasteiger partial charge in [-0.3, -0.25) is 4.99 Å². The number of hydrogen-bond acceptors (Lipinski definition) is 7. The zero-order chi connectivity index (χ0) is 26.8. The molecule has 0 aliphatic rings. The molecule has 0 saturated heterocycles. The second-order valence-electron chi connectivity index (χ2n) is 8.53. The van der Waals surface area contributed by atoms with E-state index in [1.807, 2.05) is 56.3 Å². The van der Waals surface area contributed by atoms with Gasteiger partial charge in [0, 0.05) is 32.0 Å². The monoisotopic (exact) mass is 514 g/mol. The van der Waals surface area contributed by atoms with Gasteiger partial charge < -0.3 is 9.80 Å². The largest absolute Gasteiger partial charge is 0.366 e. The smallest absolute Gasteiger partial charge is 0.243 e. The van der Waals surface area contributed by atoms with Gasteiger partial charge in [0.1, 0.15) is 36.0 Å². The summed E-state index contributed by atoms with van der Waals surface area (Å²) in [5.41, 5.74) is 3.86. The number of aromatic nitrogens is 2. The Morgan fingerprint density at radius 2 is 1.95 bits per heavy atom. The van der Waals surface area contributed by atoms with Gasteiger partial charge in [0.15, 0.2) is 5.00 Å². The molecule has 0 N–H and O–H groups in total. The Hall–Kier alpha value is -4.28. The molecule has 0 fully saturated rings. The Labute approximate surface area is 222 Å². The van der Waals surface area contributed by atoms with E-state index in [1.165, 1.54) is 11.3 Å². The van der Waals surface area contributed by atoms with Crippen LogP contribution in [0.3, 0.4) is 0 Å². The molecule has 9 nitrogen and oxygen atoms in total. The fraction of sp³-hybridized carbons (Fsp3) is 0.333. The van der Waals surface area contributed by atoms with E-state index in [-0.39, 0.29) is 0 Å². The molecule has 0 spiro atoms. The summed E-state index contributed by atoms with van der Waals surface area (Å²) in [6.07, 6.45) is 12.0. The topological polar surface area (TPSA) is 99.9 Å². The number of nitrogens with zero attached hydrogens (tertiary/aromatic N) is 9. The molecule has 0 aliphatic heterocycles. The average molecular weight is 515 g/mol. The van der Waals surface area contributed by atoms with E-state index in [2.05, 4.69) is 66.4 Å². The van der Waals surface area contributed by atoms with Gasteiger partial charge >= 0.3 is 0 Å². The summed E-state index contributed by atoms with van der Waals surface area (Å²) in [6, 6.07) is 10.4. The third-order valence-corrected chi connectivity index (χ3v) is 6.90. The number of hydrogen-bond donors (Lipinski definition) is 0. The first-order valence-electron chi connectivity index (χ1n) is 11.9. The molecule has 0 aliphatic carbocycles. The summed E-state index contributed by atoms with van der Waals surface area (Å²) in [7, 11) is 3.79. The van der Waals surface area contributed by atoms with Crippen molar-refractivity contribution >= 4 is 34.1 Å². The summed E-state index contributed by atoms with van der Waals surface area (Å²) >= 11 is 1.19. The molecule has 0 amide bonds. The van der Waals surface area contributed by atoms with E-state index in [0.29, 0.717) is 21.0 Å². The maximum atomic E-state index is 9.47. The van der Waals surface area contributed by atoms with Crippen LogP contribution in [0.1, 0.15) is 28.5 Å². The van der Waals surface area contributed by atoms with E-state index < -0.39 is 0 Å². The Kier molecular flexibility index (Phi) is 9.70. The second kappa shape index (κ2) is 13.1. The van der Waals surface area contributed by atoms with Crippen molar-refractivity contribution in [1.82, 2.24) is 9.47 Å². The van der Waals surface area contributed by atoms with Crippen LogP contribution in [0.5, 0.6) is 0 Å². The average Bonchev–Trinajstić information content (AvgIpc) is 3.44. The number of aryl methyl sites for hydroxylation is 2. The fourth-order valence-electron chi connectivity index (χ4n) is 3.84. The van der Waals surface area contributed by atoms with Crippen molar-refractivity contribution < 1.29 is 4.57 Å². The molecule has 0 saturated carbocycles. The van der Waals surface area contributed by atoms with E-state index in [4.69, 9.17) is 0 Å². The van der Waals surface area contributed by atoms with Crippen LogP contribution in [-0.4, -0.2) is 42.5 Å².